The zero-order valence-corrected chi connectivity index (χ0v) is 12.7. The van der Waals surface area contributed by atoms with E-state index in [4.69, 9.17) is 11.6 Å². The van der Waals surface area contributed by atoms with Gasteiger partial charge >= 0.3 is 0 Å². The Bertz CT molecular complexity index is 559. The largest absolute Gasteiger partial charge is 0.378 e. The average molecular weight is 376 g/mol. The van der Waals surface area contributed by atoms with Gasteiger partial charge in [-0.15, -0.1) is 0 Å². The van der Waals surface area contributed by atoms with Gasteiger partial charge in [-0.1, -0.05) is 35.9 Å². The molecule has 0 fully saturated rings. The molecule has 94 valence electrons. The molecule has 1 nitrogen and oxygen atoms in total. The summed E-state index contributed by atoms with van der Waals surface area (Å²) < 4.78 is 14.0. The van der Waals surface area contributed by atoms with E-state index in [1.807, 2.05) is 59.8 Å². The van der Waals surface area contributed by atoms with Gasteiger partial charge in [-0.3, -0.25) is 0 Å². The van der Waals surface area contributed by atoms with E-state index in [-0.39, 0.29) is 11.9 Å². The number of rotatable bonds is 3. The van der Waals surface area contributed by atoms with Crippen molar-refractivity contribution < 1.29 is 4.39 Å². The SMILES string of the molecule is CC(Nc1cccc(F)c1I)c1ccccc1Cl. The fourth-order valence-electron chi connectivity index (χ4n) is 1.75. The van der Waals surface area contributed by atoms with Gasteiger partial charge in [-0.25, -0.2) is 4.39 Å². The van der Waals surface area contributed by atoms with Crippen molar-refractivity contribution in [3.05, 3.63) is 62.4 Å². The van der Waals surface area contributed by atoms with Crippen molar-refractivity contribution in [2.75, 3.05) is 5.32 Å². The summed E-state index contributed by atoms with van der Waals surface area (Å²) in [4.78, 5) is 0. The number of anilines is 1. The predicted molar refractivity (Wildman–Crippen MR) is 82.6 cm³/mol. The molecule has 0 aliphatic carbocycles. The second-order valence-corrected chi connectivity index (χ2v) is 5.47. The highest BCUT2D eigenvalue weighted by Crippen LogP contribution is 2.28. The molecular weight excluding hydrogens is 364 g/mol. The Morgan fingerprint density at radius 1 is 1.17 bits per heavy atom. The van der Waals surface area contributed by atoms with Crippen LogP contribution in [0.3, 0.4) is 0 Å². The van der Waals surface area contributed by atoms with Gasteiger partial charge in [0.15, 0.2) is 0 Å². The summed E-state index contributed by atoms with van der Waals surface area (Å²) in [6.45, 7) is 2.00. The van der Waals surface area contributed by atoms with Crippen LogP contribution in [0.15, 0.2) is 42.5 Å². The molecule has 0 heterocycles. The van der Waals surface area contributed by atoms with Crippen LogP contribution in [0.4, 0.5) is 10.1 Å². The first-order chi connectivity index (χ1) is 8.59. The molecule has 1 unspecified atom stereocenters. The third-order valence-corrected chi connectivity index (χ3v) is 4.14. The first kappa shape index (κ1) is 13.6. The predicted octanol–water partition coefficient (Wildman–Crippen LogP) is 5.26. The van der Waals surface area contributed by atoms with Gasteiger partial charge in [0.05, 0.1) is 15.3 Å². The molecule has 0 saturated heterocycles. The van der Waals surface area contributed by atoms with E-state index in [9.17, 15) is 4.39 Å². The van der Waals surface area contributed by atoms with Crippen molar-refractivity contribution in [1.29, 1.82) is 0 Å². The van der Waals surface area contributed by atoms with Gasteiger partial charge in [0.1, 0.15) is 5.82 Å². The molecule has 2 aromatic carbocycles. The summed E-state index contributed by atoms with van der Waals surface area (Å²) in [5, 5.41) is 3.99. The zero-order chi connectivity index (χ0) is 13.1. The molecule has 0 amide bonds. The van der Waals surface area contributed by atoms with Crippen molar-refractivity contribution in [2.45, 2.75) is 13.0 Å². The molecule has 2 aromatic rings. The second-order valence-electron chi connectivity index (χ2n) is 3.99. The number of halogens is 3. The maximum atomic E-state index is 13.4. The van der Waals surface area contributed by atoms with Crippen LogP contribution >= 0.6 is 34.2 Å². The summed E-state index contributed by atoms with van der Waals surface area (Å²) in [5.41, 5.74) is 1.78. The highest BCUT2D eigenvalue weighted by atomic mass is 127. The Balaban J connectivity index is 2.24. The molecule has 2 rings (SSSR count). The van der Waals surface area contributed by atoms with Crippen LogP contribution in [-0.4, -0.2) is 0 Å². The second kappa shape index (κ2) is 5.89. The number of nitrogens with one attached hydrogen (secondary N) is 1. The lowest BCUT2D eigenvalue weighted by atomic mass is 10.1. The first-order valence-electron chi connectivity index (χ1n) is 5.54. The minimum absolute atomic E-state index is 0.0222. The smallest absolute Gasteiger partial charge is 0.138 e. The van der Waals surface area contributed by atoms with Crippen molar-refractivity contribution in [3.8, 4) is 0 Å². The van der Waals surface area contributed by atoms with Gasteiger partial charge in [0.2, 0.25) is 0 Å². The quantitative estimate of drug-likeness (QED) is 0.722. The third kappa shape index (κ3) is 2.95. The molecule has 1 N–H and O–H groups in total. The third-order valence-electron chi connectivity index (χ3n) is 2.70. The topological polar surface area (TPSA) is 12.0 Å². The average Bonchev–Trinajstić information content (AvgIpc) is 2.35. The molecule has 1 atom stereocenters. The Morgan fingerprint density at radius 2 is 1.89 bits per heavy atom. The summed E-state index contributed by atoms with van der Waals surface area (Å²) in [7, 11) is 0. The van der Waals surface area contributed by atoms with E-state index in [1.165, 1.54) is 6.07 Å². The standard InChI is InChI=1S/C14H12ClFIN/c1-9(10-5-2-3-6-11(10)15)18-13-8-4-7-12(16)14(13)17/h2-9,18H,1H3. The lowest BCUT2D eigenvalue weighted by molar-refractivity contribution is 0.620. The molecule has 18 heavy (non-hydrogen) atoms. The molecule has 0 saturated carbocycles. The lowest BCUT2D eigenvalue weighted by Crippen LogP contribution is -2.08. The van der Waals surface area contributed by atoms with Crippen LogP contribution in [-0.2, 0) is 0 Å². The summed E-state index contributed by atoms with van der Waals surface area (Å²) in [5.74, 6) is -0.216. The van der Waals surface area contributed by atoms with Crippen LogP contribution in [0, 0.1) is 9.39 Å². The van der Waals surface area contributed by atoms with Gasteiger partial charge in [0.25, 0.3) is 0 Å². The molecular formula is C14H12ClFIN. The fraction of sp³-hybridized carbons (Fsp3) is 0.143. The van der Waals surface area contributed by atoms with Crippen LogP contribution in [0.25, 0.3) is 0 Å². The number of hydrogen-bond donors (Lipinski definition) is 1. The Hall–Kier alpha value is -0.810. The van der Waals surface area contributed by atoms with Crippen molar-refractivity contribution in [3.63, 3.8) is 0 Å². The first-order valence-corrected chi connectivity index (χ1v) is 7.00. The minimum atomic E-state index is -0.216. The summed E-state index contributed by atoms with van der Waals surface area (Å²) in [6, 6.07) is 12.7. The monoisotopic (exact) mass is 375 g/mol. The van der Waals surface area contributed by atoms with E-state index in [0.29, 0.717) is 8.59 Å². The maximum absolute atomic E-state index is 13.4. The normalized spacial score (nSPS) is 12.2. The van der Waals surface area contributed by atoms with Gasteiger partial charge in [0, 0.05) is 5.02 Å². The molecule has 4 heteroatoms. The van der Waals surface area contributed by atoms with Crippen LogP contribution in [0.2, 0.25) is 5.02 Å². The molecule has 0 aliphatic heterocycles. The van der Waals surface area contributed by atoms with E-state index < -0.39 is 0 Å². The Labute approximate surface area is 124 Å². The van der Waals surface area contributed by atoms with Crippen LogP contribution in [0.5, 0.6) is 0 Å². The molecule has 0 aliphatic rings. The van der Waals surface area contributed by atoms with Crippen molar-refractivity contribution in [2.24, 2.45) is 0 Å². The molecule has 0 spiro atoms. The highest BCUT2D eigenvalue weighted by molar-refractivity contribution is 14.1. The lowest BCUT2D eigenvalue weighted by Gasteiger charge is -2.18. The fourth-order valence-corrected chi connectivity index (χ4v) is 2.57. The van der Waals surface area contributed by atoms with Crippen molar-refractivity contribution >= 4 is 39.9 Å². The van der Waals surface area contributed by atoms with E-state index in [0.717, 1.165) is 11.3 Å². The number of benzene rings is 2. The van der Waals surface area contributed by atoms with Crippen molar-refractivity contribution in [1.82, 2.24) is 0 Å². The number of hydrogen-bond acceptors (Lipinski definition) is 1. The Morgan fingerprint density at radius 3 is 2.61 bits per heavy atom. The Kier molecular flexibility index (Phi) is 4.45. The van der Waals surface area contributed by atoms with Gasteiger partial charge in [-0.2, -0.15) is 0 Å². The zero-order valence-electron chi connectivity index (χ0n) is 9.75. The minimum Gasteiger partial charge on any atom is -0.378 e. The summed E-state index contributed by atoms with van der Waals surface area (Å²) >= 11 is 8.14. The van der Waals surface area contributed by atoms with Crippen LogP contribution < -0.4 is 5.32 Å². The molecule has 0 aromatic heterocycles. The van der Waals surface area contributed by atoms with E-state index >= 15 is 0 Å². The van der Waals surface area contributed by atoms with Crippen LogP contribution in [0.1, 0.15) is 18.5 Å². The molecule has 0 radical (unpaired) electrons. The van der Waals surface area contributed by atoms with E-state index in [1.54, 1.807) is 6.07 Å². The highest BCUT2D eigenvalue weighted by Gasteiger charge is 2.11. The van der Waals surface area contributed by atoms with Gasteiger partial charge in [-0.05, 0) is 53.3 Å². The summed E-state index contributed by atoms with van der Waals surface area (Å²) in [6.07, 6.45) is 0. The van der Waals surface area contributed by atoms with E-state index in [2.05, 4.69) is 5.32 Å². The van der Waals surface area contributed by atoms with Gasteiger partial charge < -0.3 is 5.32 Å². The maximum Gasteiger partial charge on any atom is 0.138 e. The molecule has 0 bridgehead atoms.